The van der Waals surface area contributed by atoms with E-state index in [1.807, 2.05) is 7.05 Å². The molecule has 0 unspecified atom stereocenters. The second-order valence-electron chi connectivity index (χ2n) is 2.62. The van der Waals surface area contributed by atoms with Crippen molar-refractivity contribution in [3.63, 3.8) is 0 Å². The molecule has 2 nitrogen and oxygen atoms in total. The highest BCUT2D eigenvalue weighted by molar-refractivity contribution is 5.85. The Balaban J connectivity index is 0.000000810. The standard InChI is InChI=1S/C7H16N2.ClH/c1-8-9-6-4-2-3-5-7-9;/h8H,2-7H2,1H3;1H. The van der Waals surface area contributed by atoms with Crippen LogP contribution in [0.3, 0.4) is 0 Å². The van der Waals surface area contributed by atoms with Gasteiger partial charge in [-0.1, -0.05) is 12.8 Å². The van der Waals surface area contributed by atoms with E-state index in [1.165, 1.54) is 38.8 Å². The van der Waals surface area contributed by atoms with Gasteiger partial charge in [0.1, 0.15) is 0 Å². The van der Waals surface area contributed by atoms with Gasteiger partial charge in [0.2, 0.25) is 0 Å². The lowest BCUT2D eigenvalue weighted by Crippen LogP contribution is -2.35. The van der Waals surface area contributed by atoms with Crippen LogP contribution in [-0.2, 0) is 0 Å². The lowest BCUT2D eigenvalue weighted by atomic mass is 10.2. The van der Waals surface area contributed by atoms with Crippen LogP contribution in [0.15, 0.2) is 0 Å². The van der Waals surface area contributed by atoms with Crippen LogP contribution in [0.2, 0.25) is 0 Å². The predicted molar refractivity (Wildman–Crippen MR) is 46.3 cm³/mol. The Morgan fingerprint density at radius 1 is 1.00 bits per heavy atom. The summed E-state index contributed by atoms with van der Waals surface area (Å²) >= 11 is 0. The molecule has 0 aromatic rings. The van der Waals surface area contributed by atoms with E-state index in [2.05, 4.69) is 10.4 Å². The molecule has 0 atom stereocenters. The smallest absolute Gasteiger partial charge is 0.0130 e. The number of halogens is 1. The van der Waals surface area contributed by atoms with E-state index in [4.69, 9.17) is 0 Å². The quantitative estimate of drug-likeness (QED) is 0.631. The summed E-state index contributed by atoms with van der Waals surface area (Å²) in [7, 11) is 2.01. The van der Waals surface area contributed by atoms with Crippen LogP contribution < -0.4 is 5.43 Å². The van der Waals surface area contributed by atoms with Gasteiger partial charge in [-0.15, -0.1) is 12.4 Å². The van der Waals surface area contributed by atoms with Gasteiger partial charge >= 0.3 is 0 Å². The first kappa shape index (κ1) is 10.2. The third-order valence-corrected chi connectivity index (χ3v) is 1.92. The first-order chi connectivity index (χ1) is 4.43. The summed E-state index contributed by atoms with van der Waals surface area (Å²) in [5.74, 6) is 0. The SMILES string of the molecule is CNN1CCCCCC1.Cl. The fourth-order valence-corrected chi connectivity index (χ4v) is 1.29. The second kappa shape index (κ2) is 5.96. The summed E-state index contributed by atoms with van der Waals surface area (Å²) in [5.41, 5.74) is 3.18. The van der Waals surface area contributed by atoms with Gasteiger partial charge in [0.15, 0.2) is 0 Å². The molecule has 0 radical (unpaired) electrons. The molecule has 1 rings (SSSR count). The van der Waals surface area contributed by atoms with E-state index >= 15 is 0 Å². The number of hydrogen-bond acceptors (Lipinski definition) is 2. The zero-order valence-corrected chi connectivity index (χ0v) is 7.41. The zero-order valence-electron chi connectivity index (χ0n) is 6.60. The van der Waals surface area contributed by atoms with Crippen LogP contribution in [0.4, 0.5) is 0 Å². The number of rotatable bonds is 1. The van der Waals surface area contributed by atoms with Crippen LogP contribution in [0.1, 0.15) is 25.7 Å². The first-order valence-corrected chi connectivity index (χ1v) is 3.86. The topological polar surface area (TPSA) is 15.3 Å². The Labute approximate surface area is 69.4 Å². The van der Waals surface area contributed by atoms with Gasteiger partial charge in [-0.2, -0.15) is 0 Å². The Morgan fingerprint density at radius 2 is 1.50 bits per heavy atom. The average Bonchev–Trinajstić information content (AvgIpc) is 2.13. The van der Waals surface area contributed by atoms with Crippen LogP contribution >= 0.6 is 12.4 Å². The Morgan fingerprint density at radius 3 is 1.90 bits per heavy atom. The van der Waals surface area contributed by atoms with E-state index in [9.17, 15) is 0 Å². The number of nitrogens with zero attached hydrogens (tertiary/aromatic N) is 1. The molecule has 0 aromatic carbocycles. The minimum atomic E-state index is 0. The van der Waals surface area contributed by atoms with E-state index in [0.717, 1.165) is 0 Å². The first-order valence-electron chi connectivity index (χ1n) is 3.86. The molecule has 1 aliphatic rings. The Kier molecular flexibility index (Phi) is 6.08. The van der Waals surface area contributed by atoms with Crippen LogP contribution in [0.25, 0.3) is 0 Å². The van der Waals surface area contributed by atoms with Crippen molar-refractivity contribution in [2.75, 3.05) is 20.1 Å². The second-order valence-corrected chi connectivity index (χ2v) is 2.62. The summed E-state index contributed by atoms with van der Waals surface area (Å²) < 4.78 is 0. The van der Waals surface area contributed by atoms with Gasteiger partial charge in [-0.25, -0.2) is 5.01 Å². The molecule has 10 heavy (non-hydrogen) atoms. The largest absolute Gasteiger partial charge is 0.258 e. The number of hydrogen-bond donors (Lipinski definition) is 1. The van der Waals surface area contributed by atoms with Gasteiger partial charge in [0, 0.05) is 13.1 Å². The van der Waals surface area contributed by atoms with E-state index in [-0.39, 0.29) is 12.4 Å². The summed E-state index contributed by atoms with van der Waals surface area (Å²) in [6.45, 7) is 2.47. The minimum Gasteiger partial charge on any atom is -0.258 e. The molecule has 1 heterocycles. The molecule has 1 aliphatic heterocycles. The maximum Gasteiger partial charge on any atom is 0.0130 e. The van der Waals surface area contributed by atoms with Crippen molar-refractivity contribution in [1.82, 2.24) is 10.4 Å². The molecule has 62 valence electrons. The summed E-state index contributed by atoms with van der Waals surface area (Å²) in [6, 6.07) is 0. The lowest BCUT2D eigenvalue weighted by molar-refractivity contribution is 0.217. The minimum absolute atomic E-state index is 0. The van der Waals surface area contributed by atoms with Crippen LogP contribution in [-0.4, -0.2) is 25.1 Å². The van der Waals surface area contributed by atoms with E-state index in [1.54, 1.807) is 0 Å². The number of hydrazine groups is 1. The van der Waals surface area contributed by atoms with Crippen molar-refractivity contribution < 1.29 is 0 Å². The fraction of sp³-hybridized carbons (Fsp3) is 1.00. The van der Waals surface area contributed by atoms with Crippen molar-refractivity contribution in [2.45, 2.75) is 25.7 Å². The molecule has 1 N–H and O–H groups in total. The normalized spacial score (nSPS) is 21.3. The molecule has 1 fully saturated rings. The van der Waals surface area contributed by atoms with Crippen LogP contribution in [0, 0.1) is 0 Å². The van der Waals surface area contributed by atoms with Gasteiger partial charge in [0.05, 0.1) is 0 Å². The fourth-order valence-electron chi connectivity index (χ4n) is 1.29. The highest BCUT2D eigenvalue weighted by Crippen LogP contribution is 2.06. The van der Waals surface area contributed by atoms with E-state index in [0.29, 0.717) is 0 Å². The molecule has 0 bridgehead atoms. The molecule has 3 heteroatoms. The molecule has 1 saturated heterocycles. The third-order valence-electron chi connectivity index (χ3n) is 1.92. The van der Waals surface area contributed by atoms with Crippen molar-refractivity contribution >= 4 is 12.4 Å². The van der Waals surface area contributed by atoms with Gasteiger partial charge < -0.3 is 0 Å². The summed E-state index contributed by atoms with van der Waals surface area (Å²) in [4.78, 5) is 0. The van der Waals surface area contributed by atoms with Crippen molar-refractivity contribution in [2.24, 2.45) is 0 Å². The van der Waals surface area contributed by atoms with E-state index < -0.39 is 0 Å². The van der Waals surface area contributed by atoms with Crippen molar-refractivity contribution in [1.29, 1.82) is 0 Å². The number of nitrogens with one attached hydrogen (secondary N) is 1. The molecular formula is C7H17ClN2. The predicted octanol–water partition coefficient (Wildman–Crippen LogP) is 1.42. The third kappa shape index (κ3) is 3.40. The molecule has 0 saturated carbocycles. The highest BCUT2D eigenvalue weighted by Gasteiger charge is 2.04. The lowest BCUT2D eigenvalue weighted by Gasteiger charge is -2.17. The molecule has 0 amide bonds. The molecule has 0 aromatic heterocycles. The monoisotopic (exact) mass is 164 g/mol. The Hall–Kier alpha value is 0.210. The average molecular weight is 165 g/mol. The molecule has 0 aliphatic carbocycles. The maximum absolute atomic E-state index is 3.18. The summed E-state index contributed by atoms with van der Waals surface area (Å²) in [5, 5.41) is 2.30. The highest BCUT2D eigenvalue weighted by atomic mass is 35.5. The van der Waals surface area contributed by atoms with Gasteiger partial charge in [-0.3, -0.25) is 5.43 Å². The molecule has 0 spiro atoms. The maximum atomic E-state index is 3.18. The molecular weight excluding hydrogens is 148 g/mol. The zero-order chi connectivity index (χ0) is 6.53. The van der Waals surface area contributed by atoms with Crippen LogP contribution in [0.5, 0.6) is 0 Å². The van der Waals surface area contributed by atoms with Crippen molar-refractivity contribution in [3.05, 3.63) is 0 Å². The van der Waals surface area contributed by atoms with Crippen molar-refractivity contribution in [3.8, 4) is 0 Å². The van der Waals surface area contributed by atoms with Gasteiger partial charge in [-0.05, 0) is 19.9 Å². The Bertz CT molecular complexity index is 70.0. The summed E-state index contributed by atoms with van der Waals surface area (Å²) in [6.07, 6.45) is 5.55. The van der Waals surface area contributed by atoms with Gasteiger partial charge in [0.25, 0.3) is 0 Å².